The number of amides is 2. The summed E-state index contributed by atoms with van der Waals surface area (Å²) in [4.78, 5) is 30.1. The van der Waals surface area contributed by atoms with E-state index < -0.39 is 0 Å². The van der Waals surface area contributed by atoms with Crippen LogP contribution in [0.3, 0.4) is 0 Å². The van der Waals surface area contributed by atoms with Gasteiger partial charge in [-0.1, -0.05) is 30.3 Å². The smallest absolute Gasteiger partial charge is 0.230 e. The molecule has 0 aromatic heterocycles. The molecule has 5 nitrogen and oxygen atoms in total. The van der Waals surface area contributed by atoms with Gasteiger partial charge in [-0.3, -0.25) is 9.59 Å². The molecule has 1 aromatic rings. The zero-order valence-corrected chi connectivity index (χ0v) is 15.4. The maximum absolute atomic E-state index is 13.3. The Labute approximate surface area is 155 Å². The number of rotatable bonds is 3. The van der Waals surface area contributed by atoms with E-state index in [9.17, 15) is 9.59 Å². The minimum Gasteiger partial charge on any atom is -0.381 e. The fourth-order valence-electron chi connectivity index (χ4n) is 4.79. The Kier molecular flexibility index (Phi) is 4.98. The Hall–Kier alpha value is -1.88. The Morgan fingerprint density at radius 3 is 2.65 bits per heavy atom. The van der Waals surface area contributed by atoms with E-state index in [1.54, 1.807) is 0 Å². The highest BCUT2D eigenvalue weighted by atomic mass is 16.5. The topological polar surface area (TPSA) is 49.9 Å². The molecule has 3 saturated heterocycles. The van der Waals surface area contributed by atoms with Gasteiger partial charge in [0.2, 0.25) is 11.8 Å². The normalized spacial score (nSPS) is 27.3. The number of ether oxygens (including phenoxy) is 1. The summed E-state index contributed by atoms with van der Waals surface area (Å²) in [6.07, 6.45) is 5.09. The van der Waals surface area contributed by atoms with Crippen LogP contribution < -0.4 is 0 Å². The van der Waals surface area contributed by atoms with Crippen LogP contribution in [0.15, 0.2) is 30.3 Å². The molecule has 0 aliphatic carbocycles. The summed E-state index contributed by atoms with van der Waals surface area (Å²) >= 11 is 0. The number of hydrogen-bond donors (Lipinski definition) is 0. The molecular formula is C21H28N2O3. The molecule has 3 heterocycles. The fraction of sp³-hybridized carbons (Fsp3) is 0.619. The summed E-state index contributed by atoms with van der Waals surface area (Å²) in [6.45, 7) is 3.67. The van der Waals surface area contributed by atoms with Gasteiger partial charge in [-0.25, -0.2) is 0 Å². The first-order valence-electron chi connectivity index (χ1n) is 9.88. The molecule has 5 heteroatoms. The second-order valence-corrected chi connectivity index (χ2v) is 7.95. The number of carbonyl (C=O) groups excluding carboxylic acids is 2. The SMILES string of the molecule is O=C(Cc1ccccc1)N1CC[C@]2(CCCN(C3CCOCC3)C2=O)C1. The lowest BCUT2D eigenvalue weighted by molar-refractivity contribution is -0.150. The predicted octanol–water partition coefficient (Wildman–Crippen LogP) is 2.25. The molecule has 3 aliphatic rings. The van der Waals surface area contributed by atoms with E-state index >= 15 is 0 Å². The highest BCUT2D eigenvalue weighted by Gasteiger charge is 2.50. The molecule has 0 unspecified atom stereocenters. The van der Waals surface area contributed by atoms with Crippen molar-refractivity contribution in [3.05, 3.63) is 35.9 Å². The third-order valence-corrected chi connectivity index (χ3v) is 6.31. The van der Waals surface area contributed by atoms with Gasteiger partial charge in [-0.05, 0) is 37.7 Å². The van der Waals surface area contributed by atoms with Crippen LogP contribution in [-0.2, 0) is 20.7 Å². The quantitative estimate of drug-likeness (QED) is 0.835. The van der Waals surface area contributed by atoms with Crippen LogP contribution in [0, 0.1) is 5.41 Å². The van der Waals surface area contributed by atoms with Crippen molar-refractivity contribution < 1.29 is 14.3 Å². The molecule has 26 heavy (non-hydrogen) atoms. The Balaban J connectivity index is 1.42. The Morgan fingerprint density at radius 1 is 1.12 bits per heavy atom. The molecular weight excluding hydrogens is 328 g/mol. The van der Waals surface area contributed by atoms with Gasteiger partial charge in [0.1, 0.15) is 0 Å². The predicted molar refractivity (Wildman–Crippen MR) is 98.6 cm³/mol. The van der Waals surface area contributed by atoms with Crippen molar-refractivity contribution in [1.82, 2.24) is 9.80 Å². The maximum atomic E-state index is 13.3. The molecule has 140 valence electrons. The first-order chi connectivity index (χ1) is 12.7. The molecule has 2 amide bonds. The van der Waals surface area contributed by atoms with Gasteiger partial charge in [0, 0.05) is 38.9 Å². The number of benzene rings is 1. The second kappa shape index (κ2) is 7.39. The summed E-state index contributed by atoms with van der Waals surface area (Å²) < 4.78 is 5.46. The van der Waals surface area contributed by atoms with Crippen molar-refractivity contribution >= 4 is 11.8 Å². The van der Waals surface area contributed by atoms with Crippen LogP contribution in [0.2, 0.25) is 0 Å². The van der Waals surface area contributed by atoms with Crippen molar-refractivity contribution in [2.45, 2.75) is 44.6 Å². The van der Waals surface area contributed by atoms with Crippen LogP contribution >= 0.6 is 0 Å². The summed E-state index contributed by atoms with van der Waals surface area (Å²) in [6, 6.07) is 10.2. The van der Waals surface area contributed by atoms with Crippen molar-refractivity contribution in [2.75, 3.05) is 32.8 Å². The van der Waals surface area contributed by atoms with Gasteiger partial charge in [0.15, 0.2) is 0 Å². The standard InChI is InChI=1S/C21H28N2O3/c24-19(15-17-5-2-1-3-6-17)22-12-10-21(16-22)9-4-11-23(20(21)25)18-7-13-26-14-8-18/h1-3,5-6,18H,4,7-16H2/t21-/m1/s1. The second-order valence-electron chi connectivity index (χ2n) is 7.95. The summed E-state index contributed by atoms with van der Waals surface area (Å²) in [5.41, 5.74) is 0.695. The number of hydrogen-bond acceptors (Lipinski definition) is 3. The van der Waals surface area contributed by atoms with E-state index in [4.69, 9.17) is 4.74 Å². The van der Waals surface area contributed by atoms with Crippen LogP contribution in [0.1, 0.15) is 37.7 Å². The molecule has 1 spiro atoms. The monoisotopic (exact) mass is 356 g/mol. The first-order valence-corrected chi connectivity index (χ1v) is 9.88. The number of nitrogens with zero attached hydrogens (tertiary/aromatic N) is 2. The van der Waals surface area contributed by atoms with Gasteiger partial charge in [-0.2, -0.15) is 0 Å². The molecule has 0 saturated carbocycles. The lowest BCUT2D eigenvalue weighted by Crippen LogP contribution is -2.55. The minimum atomic E-state index is -0.344. The summed E-state index contributed by atoms with van der Waals surface area (Å²) in [5, 5.41) is 0. The molecule has 0 N–H and O–H groups in total. The maximum Gasteiger partial charge on any atom is 0.230 e. The number of piperidine rings is 1. The third kappa shape index (κ3) is 3.37. The van der Waals surface area contributed by atoms with Gasteiger partial charge < -0.3 is 14.5 Å². The highest BCUT2D eigenvalue weighted by Crippen LogP contribution is 2.41. The zero-order chi connectivity index (χ0) is 18.0. The van der Waals surface area contributed by atoms with Crippen LogP contribution in [0.25, 0.3) is 0 Å². The van der Waals surface area contributed by atoms with Crippen molar-refractivity contribution in [3.8, 4) is 0 Å². The summed E-state index contributed by atoms with van der Waals surface area (Å²) in [7, 11) is 0. The van der Waals surface area contributed by atoms with Crippen molar-refractivity contribution in [1.29, 1.82) is 0 Å². The molecule has 1 aromatic carbocycles. The van der Waals surface area contributed by atoms with Crippen LogP contribution in [0.4, 0.5) is 0 Å². The van der Waals surface area contributed by atoms with E-state index in [1.165, 1.54) is 0 Å². The van der Waals surface area contributed by atoms with Gasteiger partial charge in [0.25, 0.3) is 0 Å². The fourth-order valence-corrected chi connectivity index (χ4v) is 4.79. The van der Waals surface area contributed by atoms with Crippen LogP contribution in [-0.4, -0.2) is 60.5 Å². The third-order valence-electron chi connectivity index (χ3n) is 6.31. The minimum absolute atomic E-state index is 0.143. The van der Waals surface area contributed by atoms with Crippen LogP contribution in [0.5, 0.6) is 0 Å². The zero-order valence-electron chi connectivity index (χ0n) is 15.4. The Bertz CT molecular complexity index is 656. The molecule has 0 bridgehead atoms. The van der Waals surface area contributed by atoms with Gasteiger partial charge >= 0.3 is 0 Å². The average molecular weight is 356 g/mol. The largest absolute Gasteiger partial charge is 0.381 e. The molecule has 3 aliphatic heterocycles. The molecule has 1 atom stereocenters. The van der Waals surface area contributed by atoms with E-state index in [0.29, 0.717) is 25.6 Å². The van der Waals surface area contributed by atoms with E-state index in [2.05, 4.69) is 4.90 Å². The Morgan fingerprint density at radius 2 is 1.88 bits per heavy atom. The van der Waals surface area contributed by atoms with Gasteiger partial charge in [0.05, 0.1) is 11.8 Å². The van der Waals surface area contributed by atoms with E-state index in [-0.39, 0.29) is 17.2 Å². The lowest BCUT2D eigenvalue weighted by Gasteiger charge is -2.44. The molecule has 0 radical (unpaired) electrons. The van der Waals surface area contributed by atoms with Crippen molar-refractivity contribution in [3.63, 3.8) is 0 Å². The molecule has 3 fully saturated rings. The average Bonchev–Trinajstić information content (AvgIpc) is 3.11. The first kappa shape index (κ1) is 17.5. The van der Waals surface area contributed by atoms with E-state index in [0.717, 1.165) is 57.4 Å². The number of likely N-dealkylation sites (tertiary alicyclic amines) is 2. The highest BCUT2D eigenvalue weighted by molar-refractivity contribution is 5.86. The lowest BCUT2D eigenvalue weighted by atomic mass is 9.77. The van der Waals surface area contributed by atoms with E-state index in [1.807, 2.05) is 35.2 Å². The van der Waals surface area contributed by atoms with Gasteiger partial charge in [-0.15, -0.1) is 0 Å². The molecule has 4 rings (SSSR count). The summed E-state index contributed by atoms with van der Waals surface area (Å²) in [5.74, 6) is 0.426. The number of carbonyl (C=O) groups is 2. The van der Waals surface area contributed by atoms with Crippen molar-refractivity contribution in [2.24, 2.45) is 5.41 Å².